The summed E-state index contributed by atoms with van der Waals surface area (Å²) < 4.78 is 34.2. The van der Waals surface area contributed by atoms with E-state index in [4.69, 9.17) is 33.3 Å². The number of hydrogen-bond donors (Lipinski definition) is 0. The van der Waals surface area contributed by atoms with Crippen LogP contribution in [0.25, 0.3) is 0 Å². The molecule has 4 aliphatic rings. The molecule has 0 aromatic heterocycles. The summed E-state index contributed by atoms with van der Waals surface area (Å²) in [5.41, 5.74) is 0. The summed E-state index contributed by atoms with van der Waals surface area (Å²) in [6.07, 6.45) is -4.07. The zero-order chi connectivity index (χ0) is 21.8. The van der Waals surface area contributed by atoms with Crippen molar-refractivity contribution in [2.75, 3.05) is 13.2 Å². The second-order valence-electron chi connectivity index (χ2n) is 8.41. The molecule has 0 aliphatic carbocycles. The number of rotatable bonds is 4. The Morgan fingerprint density at radius 3 is 2.30 bits per heavy atom. The van der Waals surface area contributed by atoms with Gasteiger partial charge in [0.1, 0.15) is 24.9 Å². The van der Waals surface area contributed by atoms with Crippen molar-refractivity contribution >= 4 is 17.9 Å². The van der Waals surface area contributed by atoms with Gasteiger partial charge in [-0.05, 0) is 13.8 Å². The number of esters is 3. The maximum Gasteiger partial charge on any atom is 0.303 e. The third-order valence-electron chi connectivity index (χ3n) is 5.63. The first-order chi connectivity index (χ1) is 14.1. The van der Waals surface area contributed by atoms with E-state index in [1.54, 1.807) is 5.06 Å². The highest BCUT2D eigenvalue weighted by Crippen LogP contribution is 2.48. The number of carbonyl (C=O) groups excluding carboxylic acids is 3. The minimum atomic E-state index is -0.982. The van der Waals surface area contributed by atoms with Gasteiger partial charge in [-0.1, -0.05) is 0 Å². The summed E-state index contributed by atoms with van der Waals surface area (Å²) in [6, 6.07) is -0.334. The molecule has 8 atom stereocenters. The van der Waals surface area contributed by atoms with Crippen molar-refractivity contribution in [2.45, 2.75) is 83.3 Å². The van der Waals surface area contributed by atoms with Gasteiger partial charge in [-0.15, -0.1) is 0 Å². The molecule has 4 heterocycles. The minimum absolute atomic E-state index is 0.180. The lowest BCUT2D eigenvalue weighted by atomic mass is 9.83. The van der Waals surface area contributed by atoms with Crippen molar-refractivity contribution in [3.8, 4) is 0 Å². The Balaban J connectivity index is 1.64. The predicted octanol–water partition coefficient (Wildman–Crippen LogP) is -0.0965. The van der Waals surface area contributed by atoms with Crippen LogP contribution in [0.1, 0.15) is 34.6 Å². The van der Waals surface area contributed by atoms with Gasteiger partial charge in [0.15, 0.2) is 24.3 Å². The smallest absolute Gasteiger partial charge is 0.303 e. The van der Waals surface area contributed by atoms with E-state index in [2.05, 4.69) is 0 Å². The molecule has 4 fully saturated rings. The zero-order valence-corrected chi connectivity index (χ0v) is 17.6. The first-order valence-corrected chi connectivity index (χ1v) is 9.98. The van der Waals surface area contributed by atoms with Crippen LogP contribution in [0.5, 0.6) is 0 Å². The van der Waals surface area contributed by atoms with E-state index in [1.165, 1.54) is 20.8 Å². The molecule has 0 N–H and O–H groups in total. The fourth-order valence-corrected chi connectivity index (χ4v) is 4.80. The molecule has 0 amide bonds. The Bertz CT molecular complexity index is 726. The number of ether oxygens (including phenoxy) is 6. The molecular weight excluding hydrogens is 402 g/mol. The summed E-state index contributed by atoms with van der Waals surface area (Å²) in [7, 11) is 0. The van der Waals surface area contributed by atoms with Crippen LogP contribution in [-0.4, -0.2) is 84.8 Å². The monoisotopic (exact) mass is 429 g/mol. The molecule has 0 aromatic carbocycles. The van der Waals surface area contributed by atoms with Crippen molar-refractivity contribution in [1.82, 2.24) is 5.06 Å². The van der Waals surface area contributed by atoms with Gasteiger partial charge in [0.2, 0.25) is 0 Å². The summed E-state index contributed by atoms with van der Waals surface area (Å²) in [4.78, 5) is 41.0. The van der Waals surface area contributed by atoms with Crippen molar-refractivity contribution < 1.29 is 47.6 Å². The van der Waals surface area contributed by atoms with E-state index in [1.807, 2.05) is 13.8 Å². The fourth-order valence-electron chi connectivity index (χ4n) is 4.80. The molecule has 11 heteroatoms. The van der Waals surface area contributed by atoms with Gasteiger partial charge >= 0.3 is 17.9 Å². The molecule has 0 radical (unpaired) electrons. The summed E-state index contributed by atoms with van der Waals surface area (Å²) >= 11 is 0. The van der Waals surface area contributed by atoms with Gasteiger partial charge < -0.3 is 28.4 Å². The van der Waals surface area contributed by atoms with Gasteiger partial charge in [0.05, 0.1) is 18.5 Å². The molecule has 0 bridgehead atoms. The van der Waals surface area contributed by atoms with Gasteiger partial charge in [0.25, 0.3) is 0 Å². The van der Waals surface area contributed by atoms with Crippen molar-refractivity contribution in [3.05, 3.63) is 0 Å². The predicted molar refractivity (Wildman–Crippen MR) is 95.3 cm³/mol. The molecule has 0 unspecified atom stereocenters. The molecule has 0 spiro atoms. The maximum atomic E-state index is 11.9. The molecule has 0 saturated carbocycles. The highest BCUT2D eigenvalue weighted by atomic mass is 16.8. The summed E-state index contributed by atoms with van der Waals surface area (Å²) in [6.45, 7) is 7.73. The Labute approximate surface area is 173 Å². The van der Waals surface area contributed by atoms with Crippen molar-refractivity contribution in [3.63, 3.8) is 0 Å². The van der Waals surface area contributed by atoms with Crippen LogP contribution >= 0.6 is 0 Å². The molecule has 4 rings (SSSR count). The van der Waals surface area contributed by atoms with Gasteiger partial charge in [0, 0.05) is 20.8 Å². The van der Waals surface area contributed by atoms with Gasteiger partial charge in [-0.25, -0.2) is 0 Å². The van der Waals surface area contributed by atoms with E-state index >= 15 is 0 Å². The Morgan fingerprint density at radius 1 is 1.00 bits per heavy atom. The van der Waals surface area contributed by atoms with Crippen LogP contribution in [0.2, 0.25) is 0 Å². The van der Waals surface area contributed by atoms with Crippen molar-refractivity contribution in [1.29, 1.82) is 0 Å². The molecular formula is C19H27NO10. The van der Waals surface area contributed by atoms with Crippen LogP contribution in [-0.2, 0) is 47.6 Å². The maximum absolute atomic E-state index is 11.9. The molecule has 0 aromatic rings. The number of nitrogens with zero attached hydrogens (tertiary/aromatic N) is 1. The van der Waals surface area contributed by atoms with E-state index in [0.717, 1.165) is 0 Å². The third-order valence-corrected chi connectivity index (χ3v) is 5.63. The van der Waals surface area contributed by atoms with Crippen LogP contribution in [0.4, 0.5) is 0 Å². The third kappa shape index (κ3) is 3.92. The molecule has 11 nitrogen and oxygen atoms in total. The first-order valence-electron chi connectivity index (χ1n) is 9.98. The lowest BCUT2D eigenvalue weighted by molar-refractivity contribution is -0.304. The van der Waals surface area contributed by atoms with Crippen LogP contribution < -0.4 is 0 Å². The largest absolute Gasteiger partial charge is 0.463 e. The highest BCUT2D eigenvalue weighted by molar-refractivity contribution is 5.67. The number of hydroxylamine groups is 2. The SMILES string of the molecule is CC(=O)OC[C@H]1O[C@@H]2ON3C[C@@H]4OC(C)(C)O[C@@H]4[C@H]3[C@@H]2[C@@H](OC(C)=O)[C@H]1OC(C)=O. The number of fused-ring (bicyclic) bond motifs is 5. The molecule has 4 aliphatic heterocycles. The molecule has 4 saturated heterocycles. The quantitative estimate of drug-likeness (QED) is 0.440. The summed E-state index contributed by atoms with van der Waals surface area (Å²) in [5.74, 6) is -2.88. The Hall–Kier alpha value is -1.79. The van der Waals surface area contributed by atoms with Crippen LogP contribution in [0.3, 0.4) is 0 Å². The first kappa shape index (κ1) is 21.4. The lowest BCUT2D eigenvalue weighted by Crippen LogP contribution is -2.60. The van der Waals surface area contributed by atoms with Crippen molar-refractivity contribution in [2.24, 2.45) is 5.92 Å². The normalized spacial score (nSPS) is 41.5. The lowest BCUT2D eigenvalue weighted by Gasteiger charge is -2.43. The van der Waals surface area contributed by atoms with E-state index in [0.29, 0.717) is 6.54 Å². The topological polar surface area (TPSA) is 119 Å². The van der Waals surface area contributed by atoms with E-state index in [-0.39, 0.29) is 24.9 Å². The van der Waals surface area contributed by atoms with Gasteiger partial charge in [-0.3, -0.25) is 19.2 Å². The highest BCUT2D eigenvalue weighted by Gasteiger charge is 2.66. The molecule has 30 heavy (non-hydrogen) atoms. The number of carbonyl (C=O) groups is 3. The average Bonchev–Trinajstić information content (AvgIpc) is 3.19. The van der Waals surface area contributed by atoms with Crippen LogP contribution in [0, 0.1) is 5.92 Å². The Kier molecular flexibility index (Phi) is 5.52. The Morgan fingerprint density at radius 2 is 1.67 bits per heavy atom. The van der Waals surface area contributed by atoms with E-state index in [9.17, 15) is 14.4 Å². The van der Waals surface area contributed by atoms with Crippen LogP contribution in [0.15, 0.2) is 0 Å². The summed E-state index contributed by atoms with van der Waals surface area (Å²) in [5, 5.41) is 1.72. The second kappa shape index (κ2) is 7.72. The second-order valence-corrected chi connectivity index (χ2v) is 8.41. The fraction of sp³-hybridized carbons (Fsp3) is 0.842. The van der Waals surface area contributed by atoms with Gasteiger partial charge in [-0.2, -0.15) is 5.06 Å². The van der Waals surface area contributed by atoms with E-state index < -0.39 is 54.2 Å². The molecule has 168 valence electrons. The number of hydrogen-bond acceptors (Lipinski definition) is 11. The zero-order valence-electron chi connectivity index (χ0n) is 17.6. The minimum Gasteiger partial charge on any atom is -0.463 e. The standard InChI is InChI=1S/C19H27NO10/c1-8(21)24-7-12-16(25-9(2)22)17(26-10(3)23)13-14-15-11(28-19(4,5)29-15)6-20(14)30-18(13)27-12/h11-18H,6-7H2,1-5H3/t11-,12+,13+,14+,15-,16-,17+,18+/m0/s1. The average molecular weight is 429 g/mol.